The van der Waals surface area contributed by atoms with Crippen molar-refractivity contribution in [2.24, 2.45) is 5.92 Å². The van der Waals surface area contributed by atoms with Gasteiger partial charge in [-0.25, -0.2) is 0 Å². The van der Waals surface area contributed by atoms with Crippen LogP contribution in [-0.4, -0.2) is 54.1 Å². The number of halogens is 1. The molecule has 0 saturated carbocycles. The number of aromatic nitrogens is 1. The summed E-state index contributed by atoms with van der Waals surface area (Å²) in [6.45, 7) is 4.87. The topological polar surface area (TPSA) is 87.5 Å². The van der Waals surface area contributed by atoms with E-state index in [0.717, 1.165) is 37.8 Å². The molecule has 1 aromatic carbocycles. The highest BCUT2D eigenvalue weighted by Gasteiger charge is 2.28. The molecule has 2 aliphatic heterocycles. The Kier molecular flexibility index (Phi) is 7.50. The van der Waals surface area contributed by atoms with Crippen LogP contribution < -0.4 is 10.6 Å². The van der Waals surface area contributed by atoms with E-state index in [1.165, 1.54) is 5.56 Å². The van der Waals surface area contributed by atoms with E-state index in [-0.39, 0.29) is 41.9 Å². The first kappa shape index (κ1) is 22.3. The number of carbonyl (C=O) groups excluding carboxylic acids is 2. The van der Waals surface area contributed by atoms with Gasteiger partial charge >= 0.3 is 0 Å². The van der Waals surface area contributed by atoms with Crippen molar-refractivity contribution in [3.63, 3.8) is 0 Å². The molecule has 2 N–H and O–H groups in total. The summed E-state index contributed by atoms with van der Waals surface area (Å²) >= 11 is 0. The zero-order valence-electron chi connectivity index (χ0n) is 17.2. The number of piperidine rings is 1. The minimum atomic E-state index is -0.135. The molecule has 2 aromatic rings. The summed E-state index contributed by atoms with van der Waals surface area (Å²) in [7, 11) is 0. The van der Waals surface area contributed by atoms with Crippen molar-refractivity contribution < 1.29 is 14.1 Å². The highest BCUT2D eigenvalue weighted by molar-refractivity contribution is 5.92. The number of amides is 2. The lowest BCUT2D eigenvalue weighted by Gasteiger charge is -2.32. The number of aryl methyl sites for hydroxylation is 1. The molecule has 162 valence electrons. The Morgan fingerprint density at radius 3 is 2.77 bits per heavy atom. The largest absolute Gasteiger partial charge is 0.354 e. The molecule has 0 spiro atoms. The lowest BCUT2D eigenvalue weighted by Crippen LogP contribution is -2.46. The van der Waals surface area contributed by atoms with Crippen molar-refractivity contribution in [3.05, 3.63) is 41.7 Å². The van der Waals surface area contributed by atoms with Crippen molar-refractivity contribution in [2.75, 3.05) is 26.2 Å². The molecule has 2 fully saturated rings. The minimum absolute atomic E-state index is 0. The van der Waals surface area contributed by atoms with Crippen LogP contribution in [0.1, 0.15) is 41.8 Å². The van der Waals surface area contributed by atoms with E-state index < -0.39 is 0 Å². The van der Waals surface area contributed by atoms with Crippen LogP contribution in [0.25, 0.3) is 11.3 Å². The Morgan fingerprint density at radius 1 is 1.23 bits per heavy atom. The second-order valence-corrected chi connectivity index (χ2v) is 8.10. The molecule has 4 rings (SSSR count). The van der Waals surface area contributed by atoms with Crippen molar-refractivity contribution in [1.29, 1.82) is 0 Å². The number of rotatable bonds is 5. The van der Waals surface area contributed by atoms with Gasteiger partial charge in [0.2, 0.25) is 11.7 Å². The van der Waals surface area contributed by atoms with Gasteiger partial charge in [-0.2, -0.15) is 0 Å². The molecular formula is C22H29ClN4O3. The first-order valence-electron chi connectivity index (χ1n) is 10.4. The van der Waals surface area contributed by atoms with Crippen LogP contribution in [-0.2, 0) is 4.79 Å². The molecule has 2 amide bonds. The van der Waals surface area contributed by atoms with Crippen LogP contribution in [0.15, 0.2) is 34.9 Å². The van der Waals surface area contributed by atoms with Crippen LogP contribution >= 0.6 is 12.4 Å². The van der Waals surface area contributed by atoms with Crippen LogP contribution in [0, 0.1) is 12.8 Å². The van der Waals surface area contributed by atoms with Crippen LogP contribution in [0.2, 0.25) is 0 Å². The maximum atomic E-state index is 12.9. The second kappa shape index (κ2) is 10.1. The van der Waals surface area contributed by atoms with Crippen molar-refractivity contribution >= 4 is 24.2 Å². The van der Waals surface area contributed by atoms with E-state index in [2.05, 4.69) is 15.8 Å². The Morgan fingerprint density at radius 2 is 2.03 bits per heavy atom. The first-order valence-corrected chi connectivity index (χ1v) is 10.4. The molecular weight excluding hydrogens is 404 g/mol. The van der Waals surface area contributed by atoms with E-state index in [9.17, 15) is 9.59 Å². The standard InChI is InChI=1S/C22H28N4O3.ClH/c1-15-6-8-17(9-7-15)19-12-20(29-25-19)22(28)26-11-3-4-16(14-26)13-24-21(27)18-5-2-10-23-18;/h6-9,12,16,18,23H,2-5,10-11,13-14H2,1H3,(H,24,27);1H. The van der Waals surface area contributed by atoms with Gasteiger partial charge in [-0.05, 0) is 45.1 Å². The Bertz CT molecular complexity index is 862. The van der Waals surface area contributed by atoms with Gasteiger partial charge in [0.15, 0.2) is 0 Å². The zero-order valence-corrected chi connectivity index (χ0v) is 18.0. The molecule has 2 saturated heterocycles. The molecule has 2 aliphatic rings. The lowest BCUT2D eigenvalue weighted by atomic mass is 9.97. The van der Waals surface area contributed by atoms with E-state index in [1.807, 2.05) is 36.1 Å². The van der Waals surface area contributed by atoms with E-state index in [4.69, 9.17) is 4.52 Å². The van der Waals surface area contributed by atoms with Gasteiger partial charge in [0.1, 0.15) is 5.69 Å². The van der Waals surface area contributed by atoms with Gasteiger partial charge in [0, 0.05) is 31.3 Å². The molecule has 30 heavy (non-hydrogen) atoms. The summed E-state index contributed by atoms with van der Waals surface area (Å²) in [5.74, 6) is 0.464. The second-order valence-electron chi connectivity index (χ2n) is 8.10. The van der Waals surface area contributed by atoms with Crippen LogP contribution in [0.5, 0.6) is 0 Å². The third kappa shape index (κ3) is 5.21. The molecule has 2 unspecified atom stereocenters. The SMILES string of the molecule is Cc1ccc(-c2cc(C(=O)N3CCCC(CNC(=O)C4CCCN4)C3)on2)cc1.Cl. The number of nitrogens with zero attached hydrogens (tertiary/aromatic N) is 2. The van der Waals surface area contributed by atoms with Crippen molar-refractivity contribution in [1.82, 2.24) is 20.7 Å². The molecule has 7 nitrogen and oxygen atoms in total. The van der Waals surface area contributed by atoms with Crippen LogP contribution in [0.3, 0.4) is 0 Å². The average Bonchev–Trinajstić information content (AvgIpc) is 3.45. The number of hydrogen-bond donors (Lipinski definition) is 2. The summed E-state index contributed by atoms with van der Waals surface area (Å²) in [6.07, 6.45) is 3.88. The summed E-state index contributed by atoms with van der Waals surface area (Å²) in [5, 5.41) is 10.3. The number of hydrogen-bond acceptors (Lipinski definition) is 5. The third-order valence-corrected chi connectivity index (χ3v) is 5.82. The maximum absolute atomic E-state index is 12.9. The van der Waals surface area contributed by atoms with Gasteiger partial charge in [0.25, 0.3) is 5.91 Å². The van der Waals surface area contributed by atoms with Gasteiger partial charge in [-0.15, -0.1) is 12.4 Å². The Labute approximate surface area is 183 Å². The first-order chi connectivity index (χ1) is 14.1. The fourth-order valence-electron chi connectivity index (χ4n) is 4.08. The van der Waals surface area contributed by atoms with Gasteiger partial charge in [-0.1, -0.05) is 35.0 Å². The Balaban J connectivity index is 0.00000256. The fourth-order valence-corrected chi connectivity index (χ4v) is 4.08. The highest BCUT2D eigenvalue weighted by atomic mass is 35.5. The highest BCUT2D eigenvalue weighted by Crippen LogP contribution is 2.23. The van der Waals surface area contributed by atoms with Gasteiger partial charge in [0.05, 0.1) is 6.04 Å². The summed E-state index contributed by atoms with van der Waals surface area (Å²) in [5.41, 5.74) is 2.76. The van der Waals surface area contributed by atoms with E-state index >= 15 is 0 Å². The lowest BCUT2D eigenvalue weighted by molar-refractivity contribution is -0.123. The smallest absolute Gasteiger partial charge is 0.292 e. The number of carbonyl (C=O) groups is 2. The quantitative estimate of drug-likeness (QED) is 0.758. The van der Waals surface area contributed by atoms with Gasteiger partial charge < -0.3 is 20.1 Å². The molecule has 0 aliphatic carbocycles. The van der Waals surface area contributed by atoms with Crippen molar-refractivity contribution in [3.8, 4) is 11.3 Å². The number of benzene rings is 1. The van der Waals surface area contributed by atoms with Crippen LogP contribution in [0.4, 0.5) is 0 Å². The maximum Gasteiger partial charge on any atom is 0.292 e. The summed E-state index contributed by atoms with van der Waals surface area (Å²) in [6, 6.07) is 9.61. The summed E-state index contributed by atoms with van der Waals surface area (Å²) in [4.78, 5) is 26.9. The zero-order chi connectivity index (χ0) is 20.2. The van der Waals surface area contributed by atoms with E-state index in [1.54, 1.807) is 6.07 Å². The normalized spacial score (nSPS) is 21.2. The molecule has 2 atom stereocenters. The predicted molar refractivity (Wildman–Crippen MR) is 117 cm³/mol. The van der Waals surface area contributed by atoms with Crippen molar-refractivity contribution in [2.45, 2.75) is 38.6 Å². The molecule has 8 heteroatoms. The molecule has 0 bridgehead atoms. The average molecular weight is 433 g/mol. The van der Waals surface area contributed by atoms with E-state index in [0.29, 0.717) is 25.3 Å². The number of nitrogens with one attached hydrogen (secondary N) is 2. The molecule has 3 heterocycles. The minimum Gasteiger partial charge on any atom is -0.354 e. The number of likely N-dealkylation sites (tertiary alicyclic amines) is 1. The third-order valence-electron chi connectivity index (χ3n) is 5.82. The Hall–Kier alpha value is -2.38. The van der Waals surface area contributed by atoms with Gasteiger partial charge in [-0.3, -0.25) is 9.59 Å². The molecule has 0 radical (unpaired) electrons. The monoisotopic (exact) mass is 432 g/mol. The summed E-state index contributed by atoms with van der Waals surface area (Å²) < 4.78 is 5.35. The molecule has 1 aromatic heterocycles. The predicted octanol–water partition coefficient (Wildman–Crippen LogP) is 2.79. The fraction of sp³-hybridized carbons (Fsp3) is 0.500.